The molecule has 0 aliphatic rings. The molecule has 0 aliphatic carbocycles. The first-order chi connectivity index (χ1) is 13.2. The lowest BCUT2D eigenvalue weighted by Crippen LogP contribution is -2.11. The number of ether oxygens (including phenoxy) is 1. The van der Waals surface area contributed by atoms with E-state index < -0.39 is 16.0 Å². The lowest BCUT2D eigenvalue weighted by Gasteiger charge is -2.04. The number of benzene rings is 2. The van der Waals surface area contributed by atoms with E-state index in [0.29, 0.717) is 16.3 Å². The minimum absolute atomic E-state index is 0.253. The number of para-hydroxylation sites is 1. The molecule has 0 bridgehead atoms. The summed E-state index contributed by atoms with van der Waals surface area (Å²) in [5.74, 6) is 0.339. The summed E-state index contributed by atoms with van der Waals surface area (Å²) in [5, 5.41) is 0.367. The van der Waals surface area contributed by atoms with Gasteiger partial charge in [0, 0.05) is 10.5 Å². The van der Waals surface area contributed by atoms with Gasteiger partial charge in [0.1, 0.15) is 10.6 Å². The Balaban J connectivity index is 0.000000221. The average molecular weight is 486 g/mol. The summed E-state index contributed by atoms with van der Waals surface area (Å²) in [6, 6.07) is 16.5. The molecule has 10 heteroatoms. The minimum atomic E-state index is -4.21. The molecule has 3 rings (SSSR count). The van der Waals surface area contributed by atoms with Gasteiger partial charge in [-0.1, -0.05) is 45.7 Å². The highest BCUT2D eigenvalue weighted by Crippen LogP contribution is 2.21. The highest BCUT2D eigenvalue weighted by atomic mass is 79.9. The quantitative estimate of drug-likeness (QED) is 0.531. The third-order valence-electron chi connectivity index (χ3n) is 3.17. The predicted octanol–water partition coefficient (Wildman–Crippen LogP) is 4.32. The van der Waals surface area contributed by atoms with Crippen LogP contribution in [0.2, 0.25) is 5.02 Å². The Morgan fingerprint density at radius 1 is 1.11 bits per heavy atom. The summed E-state index contributed by atoms with van der Waals surface area (Å²) in [6.07, 6.45) is 1.04. The molecular weight excluding hydrogens is 472 g/mol. The van der Waals surface area contributed by atoms with Crippen LogP contribution >= 0.6 is 27.5 Å². The van der Waals surface area contributed by atoms with Crippen molar-refractivity contribution in [1.29, 1.82) is 0 Å². The Bertz CT molecular complexity index is 1060. The van der Waals surface area contributed by atoms with Crippen molar-refractivity contribution in [3.63, 3.8) is 0 Å². The van der Waals surface area contributed by atoms with Crippen molar-refractivity contribution in [1.82, 2.24) is 4.98 Å². The number of nitrogens with zero attached hydrogens (tertiary/aromatic N) is 1. The maximum absolute atomic E-state index is 10.8. The van der Waals surface area contributed by atoms with E-state index in [9.17, 15) is 13.2 Å². The minimum Gasteiger partial charge on any atom is -0.439 e. The van der Waals surface area contributed by atoms with Gasteiger partial charge in [0.2, 0.25) is 11.8 Å². The molecule has 0 radical (unpaired) electrons. The summed E-state index contributed by atoms with van der Waals surface area (Å²) in [7, 11) is -4.21. The number of hydrogen-bond acceptors (Lipinski definition) is 5. The molecule has 3 N–H and O–H groups in total. The van der Waals surface area contributed by atoms with Crippen molar-refractivity contribution < 1.29 is 22.5 Å². The molecular formula is C18H14BrClN2O5S. The van der Waals surface area contributed by atoms with Gasteiger partial charge in [-0.15, -0.1) is 0 Å². The topological polar surface area (TPSA) is 120 Å². The molecule has 7 nitrogen and oxygen atoms in total. The Morgan fingerprint density at radius 2 is 1.79 bits per heavy atom. The number of carbonyl (C=O) groups is 1. The smallest absolute Gasteiger partial charge is 0.296 e. The van der Waals surface area contributed by atoms with Crippen LogP contribution in [-0.4, -0.2) is 23.9 Å². The molecule has 0 aliphatic heterocycles. The number of halogens is 2. The molecule has 0 spiro atoms. The molecule has 0 unspecified atom stereocenters. The zero-order chi connectivity index (χ0) is 20.7. The van der Waals surface area contributed by atoms with Gasteiger partial charge in [0.15, 0.2) is 0 Å². The van der Waals surface area contributed by atoms with E-state index in [1.54, 1.807) is 30.3 Å². The van der Waals surface area contributed by atoms with Gasteiger partial charge in [-0.3, -0.25) is 9.35 Å². The Kier molecular flexibility index (Phi) is 7.53. The van der Waals surface area contributed by atoms with Crippen LogP contribution in [0.5, 0.6) is 11.6 Å². The summed E-state index contributed by atoms with van der Waals surface area (Å²) in [5.41, 5.74) is 5.37. The number of primary amides is 1. The van der Waals surface area contributed by atoms with Gasteiger partial charge in [0.05, 0.1) is 16.8 Å². The zero-order valence-electron chi connectivity index (χ0n) is 14.1. The molecule has 3 aromatic rings. The summed E-state index contributed by atoms with van der Waals surface area (Å²) in [4.78, 5) is 14.2. The molecule has 2 aromatic carbocycles. The van der Waals surface area contributed by atoms with Gasteiger partial charge < -0.3 is 10.5 Å². The number of aromatic nitrogens is 1. The maximum Gasteiger partial charge on any atom is 0.296 e. The van der Waals surface area contributed by atoms with Crippen LogP contribution in [0.4, 0.5) is 0 Å². The van der Waals surface area contributed by atoms with Crippen LogP contribution in [-0.2, 0) is 10.1 Å². The van der Waals surface area contributed by atoms with Crippen molar-refractivity contribution in [2.45, 2.75) is 4.90 Å². The van der Waals surface area contributed by atoms with E-state index in [-0.39, 0.29) is 10.8 Å². The van der Waals surface area contributed by atoms with Crippen molar-refractivity contribution in [2.75, 3.05) is 0 Å². The normalized spacial score (nSPS) is 10.5. The second-order valence-electron chi connectivity index (χ2n) is 5.21. The molecule has 0 fully saturated rings. The summed E-state index contributed by atoms with van der Waals surface area (Å²) >= 11 is 8.90. The van der Waals surface area contributed by atoms with Crippen LogP contribution in [0, 0.1) is 0 Å². The first-order valence-electron chi connectivity index (χ1n) is 7.58. The first kappa shape index (κ1) is 21.8. The number of amides is 1. The summed E-state index contributed by atoms with van der Waals surface area (Å²) < 4.78 is 36.5. The van der Waals surface area contributed by atoms with Gasteiger partial charge in [-0.25, -0.2) is 4.98 Å². The SMILES string of the molecule is NC(=O)c1ccc(Br)cc1Cl.O=S(=O)(O)c1ccc(Oc2ccccc2)nc1. The molecule has 1 aromatic heterocycles. The predicted molar refractivity (Wildman–Crippen MR) is 108 cm³/mol. The van der Waals surface area contributed by atoms with Gasteiger partial charge in [-0.05, 0) is 36.4 Å². The van der Waals surface area contributed by atoms with Crippen molar-refractivity contribution in [2.24, 2.45) is 5.73 Å². The Hall–Kier alpha value is -2.46. The number of hydrogen-bond donors (Lipinski definition) is 2. The zero-order valence-corrected chi connectivity index (χ0v) is 17.3. The van der Waals surface area contributed by atoms with Gasteiger partial charge in [-0.2, -0.15) is 8.42 Å². The average Bonchev–Trinajstić information content (AvgIpc) is 2.62. The van der Waals surface area contributed by atoms with Crippen molar-refractivity contribution >= 4 is 43.6 Å². The lowest BCUT2D eigenvalue weighted by atomic mass is 10.2. The monoisotopic (exact) mass is 484 g/mol. The van der Waals surface area contributed by atoms with Gasteiger partial charge in [0.25, 0.3) is 10.1 Å². The lowest BCUT2D eigenvalue weighted by molar-refractivity contribution is 0.100. The van der Waals surface area contributed by atoms with E-state index in [1.807, 2.05) is 18.2 Å². The molecule has 1 heterocycles. The molecule has 0 saturated carbocycles. The Morgan fingerprint density at radius 3 is 2.29 bits per heavy atom. The molecule has 1 amide bonds. The molecule has 0 atom stereocenters. The highest BCUT2D eigenvalue weighted by molar-refractivity contribution is 9.10. The van der Waals surface area contributed by atoms with E-state index in [2.05, 4.69) is 20.9 Å². The van der Waals surface area contributed by atoms with E-state index in [1.165, 1.54) is 12.1 Å². The third-order valence-corrected chi connectivity index (χ3v) is 4.81. The van der Waals surface area contributed by atoms with Crippen molar-refractivity contribution in [3.05, 3.63) is 81.9 Å². The van der Waals surface area contributed by atoms with Crippen LogP contribution < -0.4 is 10.5 Å². The second-order valence-corrected chi connectivity index (χ2v) is 7.96. The van der Waals surface area contributed by atoms with Crippen LogP contribution in [0.15, 0.2) is 76.2 Å². The third kappa shape index (κ3) is 6.61. The Labute approximate surface area is 175 Å². The molecule has 146 valence electrons. The van der Waals surface area contributed by atoms with Crippen LogP contribution in [0.25, 0.3) is 0 Å². The fourth-order valence-corrected chi connectivity index (χ4v) is 3.07. The van der Waals surface area contributed by atoms with E-state index in [0.717, 1.165) is 10.7 Å². The fraction of sp³-hybridized carbons (Fsp3) is 0. The van der Waals surface area contributed by atoms with Crippen molar-refractivity contribution in [3.8, 4) is 11.6 Å². The largest absolute Gasteiger partial charge is 0.439 e. The number of pyridine rings is 1. The standard InChI is InChI=1S/C11H9NO4S.C7H5BrClNO/c13-17(14,15)10-6-7-11(12-8-10)16-9-4-2-1-3-5-9;8-4-1-2-5(7(10)11)6(9)3-4/h1-8H,(H,13,14,15);1-3H,(H2,10,11). The first-order valence-corrected chi connectivity index (χ1v) is 10.2. The van der Waals surface area contributed by atoms with Crippen LogP contribution in [0.1, 0.15) is 10.4 Å². The molecule has 0 saturated heterocycles. The molecule has 28 heavy (non-hydrogen) atoms. The second kappa shape index (κ2) is 9.65. The highest BCUT2D eigenvalue weighted by Gasteiger charge is 2.10. The number of carbonyl (C=O) groups excluding carboxylic acids is 1. The summed E-state index contributed by atoms with van der Waals surface area (Å²) in [6.45, 7) is 0. The number of rotatable bonds is 4. The van der Waals surface area contributed by atoms with Gasteiger partial charge >= 0.3 is 0 Å². The van der Waals surface area contributed by atoms with Crippen LogP contribution in [0.3, 0.4) is 0 Å². The fourth-order valence-electron chi connectivity index (χ4n) is 1.88. The van der Waals surface area contributed by atoms with E-state index >= 15 is 0 Å². The maximum atomic E-state index is 10.8. The number of nitrogens with two attached hydrogens (primary N) is 1. The van der Waals surface area contributed by atoms with E-state index in [4.69, 9.17) is 26.6 Å².